The maximum Gasteiger partial charge on any atom is 0.310 e. The summed E-state index contributed by atoms with van der Waals surface area (Å²) < 4.78 is 0. The molecule has 0 spiro atoms. The second-order valence-electron chi connectivity index (χ2n) is 4.17. The highest BCUT2D eigenvalue weighted by Crippen LogP contribution is 2.26. The highest BCUT2D eigenvalue weighted by atomic mass is 35.5. The molecule has 0 aliphatic rings. The summed E-state index contributed by atoms with van der Waals surface area (Å²) in [4.78, 5) is 10.9. The lowest BCUT2D eigenvalue weighted by molar-refractivity contribution is -0.146. The number of benzene rings is 1. The summed E-state index contributed by atoms with van der Waals surface area (Å²) in [5.41, 5.74) is -0.213. The molecule has 0 atom stereocenters. The minimum absolute atomic E-state index is 0.280. The Morgan fingerprint density at radius 2 is 2.06 bits per heavy atom. The number of carboxylic acids is 1. The van der Waals surface area contributed by atoms with E-state index in [-0.39, 0.29) is 6.54 Å². The van der Waals surface area contributed by atoms with Crippen LogP contribution in [-0.4, -0.2) is 17.6 Å². The van der Waals surface area contributed by atoms with Crippen molar-refractivity contribution in [3.63, 3.8) is 0 Å². The van der Waals surface area contributed by atoms with Gasteiger partial charge >= 0.3 is 5.97 Å². The second-order valence-corrected chi connectivity index (χ2v) is 5.01. The molecule has 3 nitrogen and oxygen atoms in total. The summed E-state index contributed by atoms with van der Waals surface area (Å²) >= 11 is 11.8. The Balaban J connectivity index is 2.75. The van der Waals surface area contributed by atoms with Crippen molar-refractivity contribution in [1.82, 2.24) is 0 Å². The third kappa shape index (κ3) is 3.29. The van der Waals surface area contributed by atoms with Gasteiger partial charge in [-0.1, -0.05) is 23.2 Å². The Hall–Kier alpha value is -0.930. The molecule has 1 rings (SSSR count). The van der Waals surface area contributed by atoms with Crippen LogP contribution < -0.4 is 5.32 Å². The van der Waals surface area contributed by atoms with Crippen LogP contribution in [0.1, 0.15) is 13.8 Å². The summed E-state index contributed by atoms with van der Waals surface area (Å²) in [6.45, 7) is 3.56. The van der Waals surface area contributed by atoms with Crippen molar-refractivity contribution in [2.45, 2.75) is 13.8 Å². The van der Waals surface area contributed by atoms with Crippen LogP contribution in [0.2, 0.25) is 10.0 Å². The topological polar surface area (TPSA) is 49.3 Å². The quantitative estimate of drug-likeness (QED) is 0.872. The maximum absolute atomic E-state index is 10.9. The van der Waals surface area contributed by atoms with Gasteiger partial charge in [0.15, 0.2) is 0 Å². The molecule has 0 radical (unpaired) electrons. The van der Waals surface area contributed by atoms with Gasteiger partial charge in [-0.3, -0.25) is 4.79 Å². The number of rotatable bonds is 4. The third-order valence-electron chi connectivity index (χ3n) is 2.23. The Bertz CT molecular complexity index is 405. The Kier molecular flexibility index (Phi) is 4.05. The van der Waals surface area contributed by atoms with Crippen LogP contribution in [0.15, 0.2) is 18.2 Å². The largest absolute Gasteiger partial charge is 0.481 e. The number of hydrogen-bond acceptors (Lipinski definition) is 2. The predicted molar refractivity (Wildman–Crippen MR) is 66.4 cm³/mol. The van der Waals surface area contributed by atoms with Crippen LogP contribution in [0, 0.1) is 5.41 Å². The zero-order valence-corrected chi connectivity index (χ0v) is 10.6. The van der Waals surface area contributed by atoms with Crippen molar-refractivity contribution in [2.24, 2.45) is 5.41 Å². The second kappa shape index (κ2) is 4.93. The van der Waals surface area contributed by atoms with Crippen molar-refractivity contribution in [2.75, 3.05) is 11.9 Å². The third-order valence-corrected chi connectivity index (χ3v) is 2.79. The SMILES string of the molecule is CC(C)(CNc1cc(Cl)ccc1Cl)C(=O)O. The molecule has 0 aromatic heterocycles. The normalized spacial score (nSPS) is 11.2. The zero-order chi connectivity index (χ0) is 12.3. The Labute approximate surface area is 104 Å². The average molecular weight is 262 g/mol. The van der Waals surface area contributed by atoms with Gasteiger partial charge in [-0.2, -0.15) is 0 Å². The van der Waals surface area contributed by atoms with Crippen LogP contribution in [0.5, 0.6) is 0 Å². The first-order chi connectivity index (χ1) is 7.33. The molecule has 1 aromatic carbocycles. The summed E-state index contributed by atoms with van der Waals surface area (Å²) in [5, 5.41) is 13.0. The van der Waals surface area contributed by atoms with Crippen molar-refractivity contribution in [1.29, 1.82) is 0 Å². The number of nitrogens with one attached hydrogen (secondary N) is 1. The summed E-state index contributed by atoms with van der Waals surface area (Å²) in [7, 11) is 0. The Morgan fingerprint density at radius 3 is 2.62 bits per heavy atom. The fourth-order valence-electron chi connectivity index (χ4n) is 1.02. The van der Waals surface area contributed by atoms with Gasteiger partial charge in [0, 0.05) is 11.6 Å². The molecule has 5 heteroatoms. The first-order valence-corrected chi connectivity index (χ1v) is 5.51. The van der Waals surface area contributed by atoms with Gasteiger partial charge in [-0.25, -0.2) is 0 Å². The fraction of sp³-hybridized carbons (Fsp3) is 0.364. The number of anilines is 1. The van der Waals surface area contributed by atoms with Crippen LogP contribution in [0.25, 0.3) is 0 Å². The first-order valence-electron chi connectivity index (χ1n) is 4.75. The summed E-state index contributed by atoms with van der Waals surface area (Å²) in [6, 6.07) is 5.01. The van der Waals surface area contributed by atoms with Gasteiger partial charge in [0.05, 0.1) is 16.1 Å². The number of hydrogen-bond donors (Lipinski definition) is 2. The Morgan fingerprint density at radius 1 is 1.44 bits per heavy atom. The minimum Gasteiger partial charge on any atom is -0.481 e. The summed E-state index contributed by atoms with van der Waals surface area (Å²) in [5.74, 6) is -0.863. The number of carboxylic acid groups (broad SMARTS) is 1. The van der Waals surface area contributed by atoms with E-state index in [9.17, 15) is 4.79 Å². The van der Waals surface area contributed by atoms with Gasteiger partial charge in [0.1, 0.15) is 0 Å². The molecule has 0 aliphatic carbocycles. The molecule has 0 bridgehead atoms. The number of carbonyl (C=O) groups is 1. The molecule has 2 N–H and O–H groups in total. The van der Waals surface area contributed by atoms with Gasteiger partial charge in [0.25, 0.3) is 0 Å². The van der Waals surface area contributed by atoms with Crippen molar-refractivity contribution >= 4 is 34.9 Å². The molecule has 0 heterocycles. The van der Waals surface area contributed by atoms with E-state index < -0.39 is 11.4 Å². The molecular weight excluding hydrogens is 249 g/mol. The predicted octanol–water partition coefficient (Wildman–Crippen LogP) is 3.52. The van der Waals surface area contributed by atoms with Crippen LogP contribution >= 0.6 is 23.2 Å². The van der Waals surface area contributed by atoms with Crippen LogP contribution in [0.4, 0.5) is 5.69 Å². The van der Waals surface area contributed by atoms with E-state index in [0.29, 0.717) is 15.7 Å². The standard InChI is InChI=1S/C11H13Cl2NO2/c1-11(2,10(15)16)6-14-9-5-7(12)3-4-8(9)13/h3-5,14H,6H2,1-2H3,(H,15,16). The van der Waals surface area contributed by atoms with Gasteiger partial charge < -0.3 is 10.4 Å². The van der Waals surface area contributed by atoms with Crippen molar-refractivity contribution < 1.29 is 9.90 Å². The molecule has 1 aromatic rings. The van der Waals surface area contributed by atoms with Crippen molar-refractivity contribution in [3.8, 4) is 0 Å². The molecular formula is C11H13Cl2NO2. The lowest BCUT2D eigenvalue weighted by Gasteiger charge is -2.20. The van der Waals surface area contributed by atoms with E-state index in [0.717, 1.165) is 0 Å². The zero-order valence-electron chi connectivity index (χ0n) is 9.05. The lowest BCUT2D eigenvalue weighted by atomic mass is 9.94. The van der Waals surface area contributed by atoms with Crippen LogP contribution in [-0.2, 0) is 4.79 Å². The van der Waals surface area contributed by atoms with Gasteiger partial charge in [-0.05, 0) is 32.0 Å². The molecule has 0 aliphatic heterocycles. The highest BCUT2D eigenvalue weighted by molar-refractivity contribution is 6.35. The molecule has 0 amide bonds. The molecule has 0 saturated carbocycles. The molecule has 0 fully saturated rings. The smallest absolute Gasteiger partial charge is 0.310 e. The maximum atomic E-state index is 10.9. The first kappa shape index (κ1) is 13.1. The fourth-order valence-corrected chi connectivity index (χ4v) is 1.38. The summed E-state index contributed by atoms with van der Waals surface area (Å²) in [6.07, 6.45) is 0. The van der Waals surface area contributed by atoms with Crippen LogP contribution in [0.3, 0.4) is 0 Å². The van der Waals surface area contributed by atoms with Crippen molar-refractivity contribution in [3.05, 3.63) is 28.2 Å². The number of halogens is 2. The lowest BCUT2D eigenvalue weighted by Crippen LogP contribution is -2.31. The monoisotopic (exact) mass is 261 g/mol. The van der Waals surface area contributed by atoms with Gasteiger partial charge in [0.2, 0.25) is 0 Å². The van der Waals surface area contributed by atoms with E-state index in [4.69, 9.17) is 28.3 Å². The minimum atomic E-state index is -0.863. The average Bonchev–Trinajstić information content (AvgIpc) is 2.19. The van der Waals surface area contributed by atoms with E-state index >= 15 is 0 Å². The van der Waals surface area contributed by atoms with E-state index in [1.807, 2.05) is 0 Å². The molecule has 0 unspecified atom stereocenters. The molecule has 16 heavy (non-hydrogen) atoms. The van der Waals surface area contributed by atoms with Gasteiger partial charge in [-0.15, -0.1) is 0 Å². The van der Waals surface area contributed by atoms with E-state index in [1.165, 1.54) is 0 Å². The van der Waals surface area contributed by atoms with E-state index in [1.54, 1.807) is 32.0 Å². The molecule has 0 saturated heterocycles. The number of aliphatic carboxylic acids is 1. The highest BCUT2D eigenvalue weighted by Gasteiger charge is 2.26. The molecule has 88 valence electrons. The van der Waals surface area contributed by atoms with E-state index in [2.05, 4.69) is 5.32 Å².